The van der Waals surface area contributed by atoms with Crippen molar-refractivity contribution in [2.45, 2.75) is 57.6 Å². The minimum atomic E-state index is -0.103. The molecule has 0 spiro atoms. The molecule has 134 valence electrons. The van der Waals surface area contributed by atoms with Crippen molar-refractivity contribution in [3.05, 3.63) is 57.8 Å². The van der Waals surface area contributed by atoms with Crippen molar-refractivity contribution in [2.75, 3.05) is 6.61 Å². The normalized spacial score (nSPS) is 16.5. The molecule has 2 aromatic rings. The first-order chi connectivity index (χ1) is 12.3. The number of hydrogen-bond acceptors (Lipinski definition) is 3. The molecule has 3 rings (SSSR count). The molecule has 1 fully saturated rings. The first-order valence-electron chi connectivity index (χ1n) is 9.29. The summed E-state index contributed by atoms with van der Waals surface area (Å²) in [6.45, 7) is 2.30. The Balaban J connectivity index is 1.64. The van der Waals surface area contributed by atoms with Crippen LogP contribution in [0.1, 0.15) is 61.1 Å². The fourth-order valence-electron chi connectivity index (χ4n) is 3.35. The highest BCUT2D eigenvalue weighted by molar-refractivity contribution is 7.10. The third-order valence-corrected chi connectivity index (χ3v) is 5.79. The third kappa shape index (κ3) is 5.16. The van der Waals surface area contributed by atoms with E-state index < -0.39 is 0 Å². The van der Waals surface area contributed by atoms with Gasteiger partial charge in [-0.25, -0.2) is 0 Å². The Labute approximate surface area is 154 Å². The first kappa shape index (κ1) is 18.2. The molecule has 1 N–H and O–H groups in total. The number of ether oxygens (including phenoxy) is 1. The second-order valence-corrected chi connectivity index (χ2v) is 7.66. The zero-order valence-electron chi connectivity index (χ0n) is 14.9. The van der Waals surface area contributed by atoms with Gasteiger partial charge in [0.05, 0.1) is 12.1 Å². The Bertz CT molecular complexity index is 645. The molecule has 25 heavy (non-hydrogen) atoms. The van der Waals surface area contributed by atoms with Gasteiger partial charge in [-0.3, -0.25) is 4.79 Å². The van der Waals surface area contributed by atoms with Crippen LogP contribution in [0.4, 0.5) is 0 Å². The van der Waals surface area contributed by atoms with Gasteiger partial charge >= 0.3 is 0 Å². The Morgan fingerprint density at radius 2 is 1.96 bits per heavy atom. The number of benzene rings is 1. The second-order valence-electron chi connectivity index (χ2n) is 6.68. The van der Waals surface area contributed by atoms with Crippen LogP contribution >= 0.6 is 11.3 Å². The molecule has 0 radical (unpaired) electrons. The highest BCUT2D eigenvalue weighted by atomic mass is 32.1. The molecule has 4 heteroatoms. The zero-order valence-corrected chi connectivity index (χ0v) is 15.7. The summed E-state index contributed by atoms with van der Waals surface area (Å²) >= 11 is 1.67. The van der Waals surface area contributed by atoms with Crippen LogP contribution < -0.4 is 5.32 Å². The molecular weight excluding hydrogens is 330 g/mol. The van der Waals surface area contributed by atoms with Gasteiger partial charge in [0.15, 0.2) is 0 Å². The fourth-order valence-corrected chi connectivity index (χ4v) is 4.15. The molecule has 3 nitrogen and oxygen atoms in total. The van der Waals surface area contributed by atoms with Crippen molar-refractivity contribution in [2.24, 2.45) is 0 Å². The summed E-state index contributed by atoms with van der Waals surface area (Å²) in [6, 6.07) is 12.5. The summed E-state index contributed by atoms with van der Waals surface area (Å²) in [4.78, 5) is 13.6. The predicted octanol–water partition coefficient (Wildman–Crippen LogP) is 4.87. The minimum absolute atomic E-state index is 0.0384. The molecule has 1 amide bonds. The van der Waals surface area contributed by atoms with Crippen molar-refractivity contribution < 1.29 is 9.53 Å². The lowest BCUT2D eigenvalue weighted by Gasteiger charge is -2.23. The minimum Gasteiger partial charge on any atom is -0.368 e. The van der Waals surface area contributed by atoms with E-state index in [1.165, 1.54) is 24.8 Å². The average Bonchev–Trinajstić information content (AvgIpc) is 3.20. The van der Waals surface area contributed by atoms with Gasteiger partial charge in [-0.05, 0) is 41.8 Å². The van der Waals surface area contributed by atoms with E-state index in [2.05, 4.69) is 42.6 Å². The van der Waals surface area contributed by atoms with Crippen LogP contribution in [0.25, 0.3) is 0 Å². The maximum atomic E-state index is 12.5. The largest absolute Gasteiger partial charge is 0.368 e. The van der Waals surface area contributed by atoms with Crippen molar-refractivity contribution in [1.29, 1.82) is 0 Å². The van der Waals surface area contributed by atoms with Gasteiger partial charge in [-0.1, -0.05) is 56.5 Å². The Hall–Kier alpha value is -1.65. The summed E-state index contributed by atoms with van der Waals surface area (Å²) in [5.74, 6) is -0.0384. The number of amides is 1. The summed E-state index contributed by atoms with van der Waals surface area (Å²) in [7, 11) is 0. The molecule has 0 aliphatic heterocycles. The van der Waals surface area contributed by atoms with E-state index in [9.17, 15) is 4.79 Å². The van der Waals surface area contributed by atoms with Crippen LogP contribution in [-0.4, -0.2) is 18.6 Å². The van der Waals surface area contributed by atoms with Gasteiger partial charge < -0.3 is 10.1 Å². The highest BCUT2D eigenvalue weighted by Crippen LogP contribution is 2.26. The number of hydrogen-bond donors (Lipinski definition) is 1. The van der Waals surface area contributed by atoms with Crippen LogP contribution in [0.2, 0.25) is 0 Å². The van der Waals surface area contributed by atoms with Crippen molar-refractivity contribution in [3.63, 3.8) is 0 Å². The van der Waals surface area contributed by atoms with E-state index in [0.717, 1.165) is 29.7 Å². The molecule has 1 saturated carbocycles. The molecule has 1 unspecified atom stereocenters. The van der Waals surface area contributed by atoms with E-state index in [0.29, 0.717) is 0 Å². The van der Waals surface area contributed by atoms with Crippen LogP contribution in [0.3, 0.4) is 0 Å². The molecule has 1 atom stereocenters. The number of aryl methyl sites for hydroxylation is 1. The van der Waals surface area contributed by atoms with E-state index in [-0.39, 0.29) is 24.7 Å². The fraction of sp³-hybridized carbons (Fsp3) is 0.476. The molecule has 1 aromatic carbocycles. The number of carbonyl (C=O) groups excluding carboxylic acids is 1. The van der Waals surface area contributed by atoms with Crippen LogP contribution in [-0.2, 0) is 16.0 Å². The van der Waals surface area contributed by atoms with Crippen LogP contribution in [0.5, 0.6) is 0 Å². The van der Waals surface area contributed by atoms with Gasteiger partial charge in [0.1, 0.15) is 6.61 Å². The van der Waals surface area contributed by atoms with Crippen molar-refractivity contribution in [1.82, 2.24) is 5.32 Å². The SMILES string of the molecule is CCc1ccc(C(NC(=O)COC2CCCCC2)c2cccs2)cc1. The number of rotatable bonds is 7. The summed E-state index contributed by atoms with van der Waals surface area (Å²) in [6.07, 6.45) is 7.16. The maximum Gasteiger partial charge on any atom is 0.246 e. The van der Waals surface area contributed by atoms with Gasteiger partial charge in [0.2, 0.25) is 5.91 Å². The molecule has 1 heterocycles. The molecule has 1 aliphatic rings. The van der Waals surface area contributed by atoms with Gasteiger partial charge in [-0.15, -0.1) is 11.3 Å². The summed E-state index contributed by atoms with van der Waals surface area (Å²) in [5, 5.41) is 5.21. The lowest BCUT2D eigenvalue weighted by atomic mass is 9.98. The lowest BCUT2D eigenvalue weighted by molar-refractivity contribution is -0.128. The molecule has 0 saturated heterocycles. The standard InChI is InChI=1S/C21H27NO2S/c1-2-16-10-12-17(13-11-16)21(19-9-6-14-25-19)22-20(23)15-24-18-7-4-3-5-8-18/h6,9-14,18,21H,2-5,7-8,15H2,1H3,(H,22,23). The predicted molar refractivity (Wildman–Crippen MR) is 103 cm³/mol. The molecular formula is C21H27NO2S. The monoisotopic (exact) mass is 357 g/mol. The summed E-state index contributed by atoms with van der Waals surface area (Å²) in [5.41, 5.74) is 2.42. The molecule has 1 aliphatic carbocycles. The number of thiophene rings is 1. The Morgan fingerprint density at radius 3 is 2.60 bits per heavy atom. The van der Waals surface area contributed by atoms with E-state index in [1.54, 1.807) is 11.3 Å². The lowest BCUT2D eigenvalue weighted by Crippen LogP contribution is -2.33. The topological polar surface area (TPSA) is 38.3 Å². The summed E-state index contributed by atoms with van der Waals surface area (Å²) < 4.78 is 5.83. The maximum absolute atomic E-state index is 12.5. The van der Waals surface area contributed by atoms with Crippen LogP contribution in [0, 0.1) is 0 Å². The second kappa shape index (κ2) is 9.16. The third-order valence-electron chi connectivity index (χ3n) is 4.86. The quantitative estimate of drug-likeness (QED) is 0.768. The van der Waals surface area contributed by atoms with E-state index >= 15 is 0 Å². The number of carbonyl (C=O) groups is 1. The van der Waals surface area contributed by atoms with E-state index in [4.69, 9.17) is 4.74 Å². The smallest absolute Gasteiger partial charge is 0.246 e. The van der Waals surface area contributed by atoms with Crippen LogP contribution in [0.15, 0.2) is 41.8 Å². The Morgan fingerprint density at radius 1 is 1.20 bits per heavy atom. The first-order valence-corrected chi connectivity index (χ1v) is 10.2. The average molecular weight is 358 g/mol. The van der Waals surface area contributed by atoms with Crippen molar-refractivity contribution in [3.8, 4) is 0 Å². The highest BCUT2D eigenvalue weighted by Gasteiger charge is 2.20. The van der Waals surface area contributed by atoms with Crippen molar-refractivity contribution >= 4 is 17.2 Å². The van der Waals surface area contributed by atoms with Gasteiger partial charge in [0, 0.05) is 4.88 Å². The van der Waals surface area contributed by atoms with E-state index in [1.807, 2.05) is 11.4 Å². The van der Waals surface area contributed by atoms with Gasteiger partial charge in [0.25, 0.3) is 0 Å². The Kier molecular flexibility index (Phi) is 6.65. The number of nitrogens with one attached hydrogen (secondary N) is 1. The molecule has 1 aromatic heterocycles. The van der Waals surface area contributed by atoms with Gasteiger partial charge in [-0.2, -0.15) is 0 Å². The zero-order chi connectivity index (χ0) is 17.5. The molecule has 0 bridgehead atoms.